The molecule has 1 atom stereocenters. The van der Waals surface area contributed by atoms with Crippen LogP contribution in [-0.4, -0.2) is 35.5 Å². The number of nitrogens with zero attached hydrogens (tertiary/aromatic N) is 2. The second-order valence-corrected chi connectivity index (χ2v) is 5.31. The van der Waals surface area contributed by atoms with Gasteiger partial charge in [0.15, 0.2) is 0 Å². The van der Waals surface area contributed by atoms with Crippen molar-refractivity contribution in [2.24, 2.45) is 0 Å². The molecule has 0 bridgehead atoms. The number of methoxy groups -OCH3 is 1. The molecule has 1 aliphatic heterocycles. The van der Waals surface area contributed by atoms with Crippen LogP contribution in [0, 0.1) is 0 Å². The first-order valence-electron chi connectivity index (χ1n) is 5.32. The van der Waals surface area contributed by atoms with Crippen LogP contribution in [0.3, 0.4) is 0 Å². The molecule has 0 aromatic carbocycles. The number of hydrogen-bond donors (Lipinski definition) is 0. The largest absolute Gasteiger partial charge is 0.468 e. The van der Waals surface area contributed by atoms with Crippen molar-refractivity contribution in [3.63, 3.8) is 0 Å². The molecule has 0 N–H and O–H groups in total. The predicted molar refractivity (Wildman–Crippen MR) is 62.3 cm³/mol. The van der Waals surface area contributed by atoms with E-state index in [1.54, 1.807) is 17.5 Å². The van der Waals surface area contributed by atoms with Gasteiger partial charge in [-0.2, -0.15) is 0 Å². The zero-order chi connectivity index (χ0) is 11.8. The van der Waals surface area contributed by atoms with Gasteiger partial charge < -0.3 is 4.74 Å². The average Bonchev–Trinajstić information content (AvgIpc) is 2.68. The maximum Gasteiger partial charge on any atom is 0.323 e. The van der Waals surface area contributed by atoms with E-state index in [9.17, 15) is 4.79 Å². The van der Waals surface area contributed by atoms with Gasteiger partial charge in [0.25, 0.3) is 0 Å². The summed E-state index contributed by atoms with van der Waals surface area (Å²) in [5.74, 6) is -0.143. The summed E-state index contributed by atoms with van der Waals surface area (Å²) in [6, 6.07) is -0.108. The highest BCUT2D eigenvalue weighted by atomic mass is 32.1. The highest BCUT2D eigenvalue weighted by molar-refractivity contribution is 7.09. The van der Waals surface area contributed by atoms with E-state index < -0.39 is 0 Å². The second-order valence-electron chi connectivity index (χ2n) is 4.42. The standard InChI is InChI=1S/C11H16N2O2S/c1-11(2,10-12-5-7-16-10)13-6-4-8(13)9(14)15-3/h5,7-8H,4,6H2,1-3H3. The lowest BCUT2D eigenvalue weighted by atomic mass is 9.92. The van der Waals surface area contributed by atoms with E-state index in [0.29, 0.717) is 0 Å². The van der Waals surface area contributed by atoms with Crippen molar-refractivity contribution in [2.45, 2.75) is 31.8 Å². The number of likely N-dealkylation sites (tertiary alicyclic amines) is 1. The third-order valence-electron chi connectivity index (χ3n) is 3.17. The van der Waals surface area contributed by atoms with Crippen molar-refractivity contribution in [2.75, 3.05) is 13.7 Å². The summed E-state index contributed by atoms with van der Waals surface area (Å²) in [6.07, 6.45) is 2.68. The lowest BCUT2D eigenvalue weighted by molar-refractivity contribution is -0.157. The fourth-order valence-electron chi connectivity index (χ4n) is 2.09. The van der Waals surface area contributed by atoms with Gasteiger partial charge in [0.1, 0.15) is 11.0 Å². The number of carbonyl (C=O) groups excluding carboxylic acids is 1. The van der Waals surface area contributed by atoms with E-state index in [-0.39, 0.29) is 17.6 Å². The maximum absolute atomic E-state index is 11.5. The van der Waals surface area contributed by atoms with Crippen LogP contribution in [0.15, 0.2) is 11.6 Å². The minimum atomic E-state index is -0.189. The van der Waals surface area contributed by atoms with Crippen LogP contribution in [0.5, 0.6) is 0 Å². The van der Waals surface area contributed by atoms with Crippen LogP contribution in [0.4, 0.5) is 0 Å². The molecule has 16 heavy (non-hydrogen) atoms. The van der Waals surface area contributed by atoms with E-state index in [1.165, 1.54) is 7.11 Å². The van der Waals surface area contributed by atoms with E-state index in [1.807, 2.05) is 5.38 Å². The Kier molecular flexibility index (Phi) is 2.99. The van der Waals surface area contributed by atoms with Gasteiger partial charge in [0.2, 0.25) is 0 Å². The average molecular weight is 240 g/mol. The van der Waals surface area contributed by atoms with Crippen LogP contribution < -0.4 is 0 Å². The van der Waals surface area contributed by atoms with Gasteiger partial charge in [0.05, 0.1) is 12.6 Å². The van der Waals surface area contributed by atoms with E-state index in [0.717, 1.165) is 18.0 Å². The quantitative estimate of drug-likeness (QED) is 0.753. The number of hydrogen-bond acceptors (Lipinski definition) is 5. The second kappa shape index (κ2) is 4.14. The fourth-order valence-corrected chi connectivity index (χ4v) is 2.86. The molecular formula is C11H16N2O2S. The van der Waals surface area contributed by atoms with Crippen LogP contribution in [0.2, 0.25) is 0 Å². The highest BCUT2D eigenvalue weighted by Gasteiger charge is 2.45. The van der Waals surface area contributed by atoms with E-state index in [2.05, 4.69) is 23.7 Å². The first-order chi connectivity index (χ1) is 7.57. The maximum atomic E-state index is 11.5. The summed E-state index contributed by atoms with van der Waals surface area (Å²) in [4.78, 5) is 18.0. The van der Waals surface area contributed by atoms with Crippen LogP contribution >= 0.6 is 11.3 Å². The molecule has 1 aromatic rings. The Bertz CT molecular complexity index is 375. The number of carbonyl (C=O) groups is 1. The molecule has 1 unspecified atom stereocenters. The number of thiazole rings is 1. The summed E-state index contributed by atoms with van der Waals surface area (Å²) in [5, 5.41) is 3.01. The normalized spacial score (nSPS) is 21.6. The molecule has 0 amide bonds. The molecule has 1 saturated heterocycles. The molecule has 4 nitrogen and oxygen atoms in total. The lowest BCUT2D eigenvalue weighted by Gasteiger charge is -2.48. The van der Waals surface area contributed by atoms with Gasteiger partial charge >= 0.3 is 5.97 Å². The van der Waals surface area contributed by atoms with Gasteiger partial charge in [-0.05, 0) is 20.3 Å². The Labute approximate surface area is 99.2 Å². The molecule has 2 rings (SSSR count). The molecule has 88 valence electrons. The third kappa shape index (κ3) is 1.74. The van der Waals surface area contributed by atoms with E-state index >= 15 is 0 Å². The van der Waals surface area contributed by atoms with Crippen molar-refractivity contribution >= 4 is 17.3 Å². The molecule has 0 spiro atoms. The topological polar surface area (TPSA) is 42.4 Å². The van der Waals surface area contributed by atoms with Gasteiger partial charge in [-0.3, -0.25) is 9.69 Å². The SMILES string of the molecule is COC(=O)C1CCN1C(C)(C)c1nccs1. The number of esters is 1. The van der Waals surface area contributed by atoms with Crippen LogP contribution in [0.25, 0.3) is 0 Å². The van der Waals surface area contributed by atoms with Crippen molar-refractivity contribution in [1.82, 2.24) is 9.88 Å². The smallest absolute Gasteiger partial charge is 0.323 e. The number of ether oxygens (including phenoxy) is 1. The van der Waals surface area contributed by atoms with Gasteiger partial charge in [-0.15, -0.1) is 11.3 Å². The Morgan fingerprint density at radius 2 is 2.44 bits per heavy atom. The van der Waals surface area contributed by atoms with Crippen molar-refractivity contribution in [3.8, 4) is 0 Å². The monoisotopic (exact) mass is 240 g/mol. The molecule has 5 heteroatoms. The molecule has 1 fully saturated rings. The van der Waals surface area contributed by atoms with Gasteiger partial charge in [-0.1, -0.05) is 0 Å². The molecule has 1 aromatic heterocycles. The number of aromatic nitrogens is 1. The summed E-state index contributed by atoms with van der Waals surface area (Å²) in [7, 11) is 1.44. The zero-order valence-corrected chi connectivity index (χ0v) is 10.6. The third-order valence-corrected chi connectivity index (χ3v) is 4.25. The molecular weight excluding hydrogens is 224 g/mol. The Balaban J connectivity index is 2.16. The summed E-state index contributed by atoms with van der Waals surface area (Å²) in [5.41, 5.74) is -0.189. The first-order valence-corrected chi connectivity index (χ1v) is 6.20. The predicted octanol–water partition coefficient (Wildman–Crippen LogP) is 1.63. The molecule has 0 aliphatic carbocycles. The fraction of sp³-hybridized carbons (Fsp3) is 0.636. The van der Waals surface area contributed by atoms with Crippen molar-refractivity contribution in [3.05, 3.63) is 16.6 Å². The van der Waals surface area contributed by atoms with Crippen molar-refractivity contribution < 1.29 is 9.53 Å². The van der Waals surface area contributed by atoms with Crippen LogP contribution in [-0.2, 0) is 15.1 Å². The molecule has 1 aliphatic rings. The summed E-state index contributed by atoms with van der Waals surface area (Å²) in [6.45, 7) is 5.12. The number of rotatable bonds is 3. The van der Waals surface area contributed by atoms with Gasteiger partial charge in [0, 0.05) is 18.1 Å². The van der Waals surface area contributed by atoms with Crippen molar-refractivity contribution in [1.29, 1.82) is 0 Å². The molecule has 0 saturated carbocycles. The molecule has 2 heterocycles. The minimum Gasteiger partial charge on any atom is -0.468 e. The van der Waals surface area contributed by atoms with E-state index in [4.69, 9.17) is 4.74 Å². The van der Waals surface area contributed by atoms with Gasteiger partial charge in [-0.25, -0.2) is 4.98 Å². The van der Waals surface area contributed by atoms with Crippen LogP contribution in [0.1, 0.15) is 25.3 Å². The zero-order valence-electron chi connectivity index (χ0n) is 9.77. The Hall–Kier alpha value is -0.940. The Morgan fingerprint density at radius 1 is 1.69 bits per heavy atom. The molecule has 0 radical (unpaired) electrons. The summed E-state index contributed by atoms with van der Waals surface area (Å²) < 4.78 is 4.80. The minimum absolute atomic E-state index is 0.108. The first kappa shape index (κ1) is 11.5. The lowest BCUT2D eigenvalue weighted by Crippen LogP contribution is -2.60. The Morgan fingerprint density at radius 3 is 2.88 bits per heavy atom. The summed E-state index contributed by atoms with van der Waals surface area (Å²) >= 11 is 1.62. The highest BCUT2D eigenvalue weighted by Crippen LogP contribution is 2.36.